The molecule has 0 unspecified atom stereocenters. The van der Waals surface area contributed by atoms with Gasteiger partial charge in [0, 0.05) is 12.6 Å². The Morgan fingerprint density at radius 3 is 2.69 bits per heavy atom. The van der Waals surface area contributed by atoms with E-state index in [4.69, 9.17) is 14.2 Å². The monoisotopic (exact) mass is 405 g/mol. The predicted octanol–water partition coefficient (Wildman–Crippen LogP) is 3.79. The van der Waals surface area contributed by atoms with Gasteiger partial charge in [0.2, 0.25) is 5.91 Å². The molecule has 2 aromatic rings. The van der Waals surface area contributed by atoms with Crippen molar-refractivity contribution >= 4 is 12.0 Å². The van der Waals surface area contributed by atoms with Gasteiger partial charge < -0.3 is 24.3 Å². The highest BCUT2D eigenvalue weighted by Crippen LogP contribution is 2.31. The summed E-state index contributed by atoms with van der Waals surface area (Å²) in [6.07, 6.45) is 2.92. The van der Waals surface area contributed by atoms with Crippen LogP contribution < -0.4 is 24.3 Å². The maximum absolute atomic E-state index is 12.5. The number of hydrogen-bond donors (Lipinski definition) is 1. The van der Waals surface area contributed by atoms with Gasteiger partial charge in [0.25, 0.3) is 0 Å². The minimum atomic E-state index is -2.94. The molecule has 6 nitrogen and oxygen atoms in total. The van der Waals surface area contributed by atoms with E-state index in [0.717, 1.165) is 5.56 Å². The lowest BCUT2D eigenvalue weighted by molar-refractivity contribution is -0.116. The lowest BCUT2D eigenvalue weighted by Crippen LogP contribution is -2.21. The molecule has 29 heavy (non-hydrogen) atoms. The van der Waals surface area contributed by atoms with Crippen LogP contribution in [0, 0.1) is 0 Å². The summed E-state index contributed by atoms with van der Waals surface area (Å²) in [7, 11) is 0. The number of rotatable bonds is 8. The molecule has 0 bridgehead atoms. The van der Waals surface area contributed by atoms with E-state index in [1.165, 1.54) is 18.2 Å². The van der Waals surface area contributed by atoms with Crippen LogP contribution in [0.1, 0.15) is 18.1 Å². The number of ether oxygens (including phenoxy) is 4. The second kappa shape index (κ2) is 9.77. The van der Waals surface area contributed by atoms with Crippen LogP contribution in [0.25, 0.3) is 6.08 Å². The number of amides is 1. The normalized spacial score (nSPS) is 12.8. The summed E-state index contributed by atoms with van der Waals surface area (Å²) >= 11 is 0. The first-order chi connectivity index (χ1) is 14.0. The minimum Gasteiger partial charge on any atom is -0.490 e. The van der Waals surface area contributed by atoms with Gasteiger partial charge in [-0.05, 0) is 48.4 Å². The van der Waals surface area contributed by atoms with Gasteiger partial charge in [-0.2, -0.15) is 8.78 Å². The molecular formula is C21H21F2NO5. The number of alkyl halides is 2. The topological polar surface area (TPSA) is 66.0 Å². The Morgan fingerprint density at radius 1 is 1.14 bits per heavy atom. The van der Waals surface area contributed by atoms with E-state index in [9.17, 15) is 13.6 Å². The number of hydrogen-bond acceptors (Lipinski definition) is 5. The molecule has 0 spiro atoms. The van der Waals surface area contributed by atoms with Gasteiger partial charge in [-0.1, -0.05) is 12.1 Å². The molecule has 3 rings (SSSR count). The van der Waals surface area contributed by atoms with Crippen molar-refractivity contribution in [3.8, 4) is 23.0 Å². The van der Waals surface area contributed by atoms with Crippen LogP contribution in [0.5, 0.6) is 23.0 Å². The molecule has 1 aliphatic heterocycles. The van der Waals surface area contributed by atoms with E-state index in [2.05, 4.69) is 10.1 Å². The zero-order chi connectivity index (χ0) is 20.6. The van der Waals surface area contributed by atoms with Crippen molar-refractivity contribution in [1.29, 1.82) is 0 Å². The van der Waals surface area contributed by atoms with Crippen molar-refractivity contribution in [1.82, 2.24) is 5.32 Å². The lowest BCUT2D eigenvalue weighted by Gasteiger charge is -2.18. The maximum atomic E-state index is 12.5. The van der Waals surface area contributed by atoms with Crippen LogP contribution in [0.3, 0.4) is 0 Å². The van der Waals surface area contributed by atoms with Crippen molar-refractivity contribution in [3.63, 3.8) is 0 Å². The van der Waals surface area contributed by atoms with Gasteiger partial charge in [-0.25, -0.2) is 0 Å². The first-order valence-corrected chi connectivity index (χ1v) is 9.11. The first-order valence-electron chi connectivity index (χ1n) is 9.11. The molecule has 0 saturated carbocycles. The SMILES string of the molecule is CCOc1cc(C=CC(=O)NCc2ccc3c(c2)OCCO3)ccc1OC(F)F. The number of halogens is 2. The van der Waals surface area contributed by atoms with E-state index in [1.54, 1.807) is 19.1 Å². The molecule has 1 N–H and O–H groups in total. The molecule has 1 amide bonds. The maximum Gasteiger partial charge on any atom is 0.387 e. The minimum absolute atomic E-state index is 0.0536. The van der Waals surface area contributed by atoms with Crippen LogP contribution in [0.15, 0.2) is 42.5 Å². The Hall–Kier alpha value is -3.29. The fourth-order valence-corrected chi connectivity index (χ4v) is 2.71. The third-order valence-corrected chi connectivity index (χ3v) is 3.98. The van der Waals surface area contributed by atoms with Crippen molar-refractivity contribution < 1.29 is 32.5 Å². The lowest BCUT2D eigenvalue weighted by atomic mass is 10.1. The molecule has 0 radical (unpaired) electrons. The highest BCUT2D eigenvalue weighted by molar-refractivity contribution is 5.91. The second-order valence-electron chi connectivity index (χ2n) is 6.05. The molecule has 154 valence electrons. The van der Waals surface area contributed by atoms with E-state index >= 15 is 0 Å². The summed E-state index contributed by atoms with van der Waals surface area (Å²) in [6.45, 7) is 0.431. The molecule has 0 aromatic heterocycles. The third-order valence-electron chi connectivity index (χ3n) is 3.98. The predicted molar refractivity (Wildman–Crippen MR) is 103 cm³/mol. The summed E-state index contributed by atoms with van der Waals surface area (Å²) in [4.78, 5) is 12.1. The summed E-state index contributed by atoms with van der Waals surface area (Å²) in [5.74, 6) is 1.18. The summed E-state index contributed by atoms with van der Waals surface area (Å²) in [5.41, 5.74) is 1.49. The van der Waals surface area contributed by atoms with Crippen molar-refractivity contribution in [2.75, 3.05) is 19.8 Å². The molecule has 8 heteroatoms. The van der Waals surface area contributed by atoms with E-state index in [1.807, 2.05) is 18.2 Å². The smallest absolute Gasteiger partial charge is 0.387 e. The largest absolute Gasteiger partial charge is 0.490 e. The zero-order valence-electron chi connectivity index (χ0n) is 15.8. The average molecular weight is 405 g/mol. The molecule has 0 aliphatic carbocycles. The summed E-state index contributed by atoms with van der Waals surface area (Å²) in [5, 5.41) is 2.78. The Morgan fingerprint density at radius 2 is 1.93 bits per heavy atom. The van der Waals surface area contributed by atoms with Crippen molar-refractivity contribution in [3.05, 3.63) is 53.6 Å². The Bertz CT molecular complexity index is 885. The van der Waals surface area contributed by atoms with E-state index in [-0.39, 0.29) is 17.4 Å². The highest BCUT2D eigenvalue weighted by atomic mass is 19.3. The van der Waals surface area contributed by atoms with Crippen molar-refractivity contribution in [2.45, 2.75) is 20.1 Å². The number of fused-ring (bicyclic) bond motifs is 1. The standard InChI is InChI=1S/C21H21F2NO5/c1-2-26-19-11-14(3-7-17(19)29-21(22)23)5-8-20(25)24-13-15-4-6-16-18(12-15)28-10-9-27-16/h3-8,11-12,21H,2,9-10,13H2,1H3,(H,24,25). The molecule has 1 aliphatic rings. The number of benzene rings is 2. The van der Waals surface area contributed by atoms with E-state index in [0.29, 0.717) is 43.4 Å². The van der Waals surface area contributed by atoms with Crippen LogP contribution in [0.4, 0.5) is 8.78 Å². The highest BCUT2D eigenvalue weighted by Gasteiger charge is 2.12. The molecule has 0 fully saturated rings. The first kappa shape index (κ1) is 20.4. The van der Waals surface area contributed by atoms with Gasteiger partial charge >= 0.3 is 6.61 Å². The van der Waals surface area contributed by atoms with Gasteiger partial charge in [0.05, 0.1) is 6.61 Å². The van der Waals surface area contributed by atoms with Crippen LogP contribution in [-0.2, 0) is 11.3 Å². The summed E-state index contributed by atoms with van der Waals surface area (Å²) < 4.78 is 45.6. The number of carbonyl (C=O) groups is 1. The van der Waals surface area contributed by atoms with Crippen LogP contribution in [-0.4, -0.2) is 32.3 Å². The Kier molecular flexibility index (Phi) is 6.89. The third kappa shape index (κ3) is 5.84. The molecular weight excluding hydrogens is 384 g/mol. The fourth-order valence-electron chi connectivity index (χ4n) is 2.71. The molecule has 0 atom stereocenters. The fraction of sp³-hybridized carbons (Fsp3) is 0.286. The second-order valence-corrected chi connectivity index (χ2v) is 6.05. The van der Waals surface area contributed by atoms with Crippen molar-refractivity contribution in [2.24, 2.45) is 0 Å². The van der Waals surface area contributed by atoms with Gasteiger partial charge in [0.1, 0.15) is 13.2 Å². The van der Waals surface area contributed by atoms with Gasteiger partial charge in [-0.15, -0.1) is 0 Å². The Labute approximate surface area is 167 Å². The van der Waals surface area contributed by atoms with Gasteiger partial charge in [-0.3, -0.25) is 4.79 Å². The van der Waals surface area contributed by atoms with Crippen LogP contribution in [0.2, 0.25) is 0 Å². The molecule has 1 heterocycles. The van der Waals surface area contributed by atoms with Crippen LogP contribution >= 0.6 is 0 Å². The van der Waals surface area contributed by atoms with E-state index < -0.39 is 6.61 Å². The number of carbonyl (C=O) groups excluding carboxylic acids is 1. The quantitative estimate of drug-likeness (QED) is 0.677. The zero-order valence-corrected chi connectivity index (χ0v) is 15.8. The number of nitrogens with one attached hydrogen (secondary N) is 1. The Balaban J connectivity index is 1.59. The molecule has 2 aromatic carbocycles. The molecule has 0 saturated heterocycles. The summed E-state index contributed by atoms with van der Waals surface area (Å²) in [6, 6.07) is 9.97. The average Bonchev–Trinajstić information content (AvgIpc) is 2.72. The van der Waals surface area contributed by atoms with Gasteiger partial charge in [0.15, 0.2) is 23.0 Å².